The van der Waals surface area contributed by atoms with Crippen LogP contribution in [0.2, 0.25) is 0 Å². The number of rotatable bonds is 2. The number of fused-ring (bicyclic) bond motifs is 6. The van der Waals surface area contributed by atoms with Crippen molar-refractivity contribution in [2.75, 3.05) is 0 Å². The first kappa shape index (κ1) is 17.4. The molecule has 0 saturated heterocycles. The maximum absolute atomic E-state index is 2.38. The lowest BCUT2D eigenvalue weighted by molar-refractivity contribution is 1.13. The summed E-state index contributed by atoms with van der Waals surface area (Å²) in [7, 11) is 0. The SMILES string of the molecule is c1cc(-[15n]2c3ccccc3c3ccccc32)cc(-[15n]2c3ccccc3c3ccccc32)c1. The van der Waals surface area contributed by atoms with Crippen molar-refractivity contribution < 1.29 is 0 Å². The van der Waals surface area contributed by atoms with Crippen LogP contribution in [-0.2, 0) is 0 Å². The first-order chi connectivity index (χ1) is 15.9. The van der Waals surface area contributed by atoms with Gasteiger partial charge in [-0.2, -0.15) is 0 Å². The summed E-state index contributed by atoms with van der Waals surface area (Å²) in [5.74, 6) is 0. The second kappa shape index (κ2) is 6.60. The van der Waals surface area contributed by atoms with E-state index in [0.717, 1.165) is 0 Å². The minimum absolute atomic E-state index is 1.17. The highest BCUT2D eigenvalue weighted by atomic mass is 15.7. The van der Waals surface area contributed by atoms with Crippen LogP contribution in [0.3, 0.4) is 0 Å². The first-order valence-corrected chi connectivity index (χ1v) is 11.0. The second-order valence-corrected chi connectivity index (χ2v) is 8.26. The van der Waals surface area contributed by atoms with Gasteiger partial charge in [0.1, 0.15) is 0 Å². The molecule has 7 rings (SSSR count). The molecule has 2 heterocycles. The predicted octanol–water partition coefficient (Wildman–Crippen LogP) is 7.88. The third-order valence-electron chi connectivity index (χ3n) is 6.51. The number of nitrogens with zero attached hydrogens (tertiary/aromatic N) is 2. The standard InChI is InChI=1S/C30H20N2/c1-5-16-27-23(12-1)24-13-2-6-17-28(24)31(27)21-10-9-11-22(20-21)32-29-18-7-3-14-25(29)26-15-4-8-19-30(26)32/h1-20H/i31+1,32+1. The molecule has 0 fully saturated rings. The van der Waals surface area contributed by atoms with E-state index in [2.05, 4.69) is 130 Å². The molecule has 0 radical (unpaired) electrons. The maximum atomic E-state index is 2.38. The van der Waals surface area contributed by atoms with E-state index in [0.29, 0.717) is 0 Å². The van der Waals surface area contributed by atoms with E-state index in [-0.39, 0.29) is 0 Å². The van der Waals surface area contributed by atoms with Gasteiger partial charge in [0, 0.05) is 32.9 Å². The minimum atomic E-state index is 1.17. The molecule has 0 amide bonds. The number of hydrogen-bond acceptors (Lipinski definition) is 0. The van der Waals surface area contributed by atoms with Gasteiger partial charge in [0.2, 0.25) is 0 Å². The zero-order valence-electron chi connectivity index (χ0n) is 17.4. The Kier molecular flexibility index (Phi) is 3.58. The van der Waals surface area contributed by atoms with Gasteiger partial charge in [-0.05, 0) is 42.5 Å². The van der Waals surface area contributed by atoms with Crippen molar-refractivity contribution >= 4 is 43.6 Å². The van der Waals surface area contributed by atoms with Gasteiger partial charge in [-0.3, -0.25) is 0 Å². The van der Waals surface area contributed by atoms with Crippen LogP contribution in [0, 0.1) is 0 Å². The fourth-order valence-corrected chi connectivity index (χ4v) is 5.17. The molecular formula is C30H20N2. The van der Waals surface area contributed by atoms with E-state index < -0.39 is 0 Å². The molecule has 2 nitrogen and oxygen atoms in total. The van der Waals surface area contributed by atoms with Gasteiger partial charge in [-0.25, -0.2) is 0 Å². The highest BCUT2D eigenvalue weighted by molar-refractivity contribution is 6.10. The monoisotopic (exact) mass is 410 g/mol. The molecule has 150 valence electrons. The van der Waals surface area contributed by atoms with Crippen LogP contribution in [0.1, 0.15) is 0 Å². The molecule has 5 aromatic carbocycles. The zero-order chi connectivity index (χ0) is 21.1. The second-order valence-electron chi connectivity index (χ2n) is 8.26. The van der Waals surface area contributed by atoms with Gasteiger partial charge in [-0.15, -0.1) is 0 Å². The summed E-state index contributed by atoms with van der Waals surface area (Å²) in [6, 6.07) is 43.5. The Hall–Kier alpha value is -4.30. The summed E-state index contributed by atoms with van der Waals surface area (Å²) in [4.78, 5) is 0. The Labute approximate surface area is 185 Å². The van der Waals surface area contributed by atoms with Crippen LogP contribution in [0.25, 0.3) is 55.0 Å². The molecule has 0 spiro atoms. The average molecular weight is 410 g/mol. The summed E-state index contributed by atoms with van der Waals surface area (Å²) < 4.78 is 4.75. The lowest BCUT2D eigenvalue weighted by Crippen LogP contribution is -1.98. The van der Waals surface area contributed by atoms with E-state index in [9.17, 15) is 0 Å². The van der Waals surface area contributed by atoms with E-state index in [4.69, 9.17) is 0 Å². The molecule has 0 unspecified atom stereocenters. The summed E-state index contributed by atoms with van der Waals surface area (Å²) in [6.07, 6.45) is 0. The molecule has 2 heteroatoms. The summed E-state index contributed by atoms with van der Waals surface area (Å²) in [5, 5.41) is 5.13. The fraction of sp³-hybridized carbons (Fsp3) is 0. The smallest absolute Gasteiger partial charge is 0.0541 e. The number of aromatic nitrogens is 2. The molecule has 0 N–H and O–H groups in total. The Bertz CT molecular complexity index is 1550. The van der Waals surface area contributed by atoms with Crippen LogP contribution in [0.4, 0.5) is 0 Å². The van der Waals surface area contributed by atoms with Crippen molar-refractivity contribution in [2.45, 2.75) is 0 Å². The molecule has 0 atom stereocenters. The highest BCUT2D eigenvalue weighted by Crippen LogP contribution is 2.35. The molecular weight excluding hydrogens is 390 g/mol. The van der Waals surface area contributed by atoms with Crippen molar-refractivity contribution in [1.82, 2.24) is 9.13 Å². The topological polar surface area (TPSA) is 9.86 Å². The molecule has 0 aliphatic rings. The summed E-state index contributed by atoms with van der Waals surface area (Å²) in [5.41, 5.74) is 7.26. The van der Waals surface area contributed by atoms with Gasteiger partial charge < -0.3 is 9.13 Å². The van der Waals surface area contributed by atoms with E-state index >= 15 is 0 Å². The largest absolute Gasteiger partial charge is 0.309 e. The van der Waals surface area contributed by atoms with Crippen molar-refractivity contribution in [3.05, 3.63) is 121 Å². The van der Waals surface area contributed by atoms with E-state index in [1.54, 1.807) is 0 Å². The van der Waals surface area contributed by atoms with Crippen LogP contribution in [0.15, 0.2) is 121 Å². The average Bonchev–Trinajstić information content (AvgIpc) is 3.37. The number of benzene rings is 5. The minimum Gasteiger partial charge on any atom is -0.309 e. The lowest BCUT2D eigenvalue weighted by Gasteiger charge is -2.12. The molecule has 0 saturated carbocycles. The molecule has 32 heavy (non-hydrogen) atoms. The molecule has 0 aliphatic heterocycles. The van der Waals surface area contributed by atoms with E-state index in [1.807, 2.05) is 0 Å². The van der Waals surface area contributed by atoms with Crippen LogP contribution < -0.4 is 0 Å². The normalized spacial score (nSPS) is 11.8. The van der Waals surface area contributed by atoms with Gasteiger partial charge in [0.05, 0.1) is 22.1 Å². The quantitative estimate of drug-likeness (QED) is 0.274. The third-order valence-corrected chi connectivity index (χ3v) is 6.51. The Morgan fingerprint density at radius 1 is 0.312 bits per heavy atom. The van der Waals surface area contributed by atoms with Crippen LogP contribution in [0.5, 0.6) is 0 Å². The Morgan fingerprint density at radius 2 is 0.625 bits per heavy atom. The van der Waals surface area contributed by atoms with Gasteiger partial charge in [0.25, 0.3) is 0 Å². The predicted molar refractivity (Wildman–Crippen MR) is 135 cm³/mol. The molecule has 0 bridgehead atoms. The first-order valence-electron chi connectivity index (χ1n) is 11.0. The summed E-state index contributed by atoms with van der Waals surface area (Å²) in [6.45, 7) is 0. The zero-order valence-corrected chi connectivity index (χ0v) is 17.4. The fourth-order valence-electron chi connectivity index (χ4n) is 5.17. The Balaban J connectivity index is 1.55. The third kappa shape index (κ3) is 2.35. The number of hydrogen-bond donors (Lipinski definition) is 0. The number of para-hydroxylation sites is 4. The Morgan fingerprint density at radius 3 is 0.969 bits per heavy atom. The van der Waals surface area contributed by atoms with Gasteiger partial charge in [0.15, 0.2) is 0 Å². The van der Waals surface area contributed by atoms with Crippen LogP contribution in [-0.4, -0.2) is 9.13 Å². The molecule has 7 aromatic rings. The van der Waals surface area contributed by atoms with Crippen molar-refractivity contribution in [2.24, 2.45) is 0 Å². The maximum Gasteiger partial charge on any atom is 0.0541 e. The van der Waals surface area contributed by atoms with Gasteiger partial charge >= 0.3 is 0 Å². The van der Waals surface area contributed by atoms with E-state index in [1.165, 1.54) is 55.0 Å². The summed E-state index contributed by atoms with van der Waals surface area (Å²) >= 11 is 0. The lowest BCUT2D eigenvalue weighted by atomic mass is 10.2. The van der Waals surface area contributed by atoms with Crippen molar-refractivity contribution in [3.8, 4) is 11.4 Å². The van der Waals surface area contributed by atoms with Crippen LogP contribution >= 0.6 is 0 Å². The molecule has 2 aromatic heterocycles. The van der Waals surface area contributed by atoms with Gasteiger partial charge in [-0.1, -0.05) is 78.9 Å². The van der Waals surface area contributed by atoms with Crippen molar-refractivity contribution in [1.29, 1.82) is 0 Å². The molecule has 0 aliphatic carbocycles. The highest BCUT2D eigenvalue weighted by Gasteiger charge is 2.14. The van der Waals surface area contributed by atoms with Crippen molar-refractivity contribution in [3.63, 3.8) is 0 Å².